The summed E-state index contributed by atoms with van der Waals surface area (Å²) in [6.45, 7) is 0.474. The van der Waals surface area contributed by atoms with E-state index in [-0.39, 0.29) is 5.91 Å². The van der Waals surface area contributed by atoms with Gasteiger partial charge in [0.25, 0.3) is 5.91 Å². The molecule has 120 valence electrons. The molecule has 1 aliphatic carbocycles. The van der Waals surface area contributed by atoms with Crippen LogP contribution in [0.15, 0.2) is 48.8 Å². The molecular weight excluding hydrogens is 288 g/mol. The summed E-state index contributed by atoms with van der Waals surface area (Å²) in [5.41, 5.74) is 1.70. The summed E-state index contributed by atoms with van der Waals surface area (Å²) in [6.07, 6.45) is 9.43. The molecule has 0 atom stereocenters. The third-order valence-electron chi connectivity index (χ3n) is 4.19. The van der Waals surface area contributed by atoms with Crippen LogP contribution in [0.5, 0.6) is 5.75 Å². The highest BCUT2D eigenvalue weighted by Crippen LogP contribution is 2.19. The molecule has 3 rings (SSSR count). The molecule has 1 saturated carbocycles. The molecule has 1 aromatic carbocycles. The number of ether oxygens (including phenoxy) is 1. The first-order chi connectivity index (χ1) is 11.3. The summed E-state index contributed by atoms with van der Waals surface area (Å²) < 4.78 is 5.71. The van der Waals surface area contributed by atoms with Crippen LogP contribution < -0.4 is 10.1 Å². The van der Waals surface area contributed by atoms with E-state index in [0.29, 0.717) is 18.2 Å². The molecule has 1 N–H and O–H groups in total. The molecule has 0 radical (unpaired) electrons. The minimum absolute atomic E-state index is 0.00992. The predicted molar refractivity (Wildman–Crippen MR) is 89.4 cm³/mol. The number of nitrogens with one attached hydrogen (secondary N) is 1. The van der Waals surface area contributed by atoms with Gasteiger partial charge in [-0.1, -0.05) is 25.3 Å². The Labute approximate surface area is 136 Å². The van der Waals surface area contributed by atoms with Gasteiger partial charge in [-0.15, -0.1) is 0 Å². The third kappa shape index (κ3) is 4.55. The minimum Gasteiger partial charge on any atom is -0.489 e. The number of carbonyl (C=O) groups is 1. The van der Waals surface area contributed by atoms with Gasteiger partial charge in [-0.05, 0) is 43.2 Å². The van der Waals surface area contributed by atoms with Crippen LogP contribution in [0.1, 0.15) is 48.0 Å². The van der Waals surface area contributed by atoms with Crippen molar-refractivity contribution in [2.45, 2.75) is 44.8 Å². The Morgan fingerprint density at radius 3 is 2.61 bits per heavy atom. The van der Waals surface area contributed by atoms with Crippen LogP contribution in [0.3, 0.4) is 0 Å². The lowest BCUT2D eigenvalue weighted by atomic mass is 9.95. The van der Waals surface area contributed by atoms with E-state index in [1.54, 1.807) is 12.4 Å². The zero-order chi connectivity index (χ0) is 15.9. The van der Waals surface area contributed by atoms with E-state index in [1.807, 2.05) is 36.4 Å². The Morgan fingerprint density at radius 1 is 1.13 bits per heavy atom. The maximum Gasteiger partial charge on any atom is 0.251 e. The summed E-state index contributed by atoms with van der Waals surface area (Å²) >= 11 is 0. The van der Waals surface area contributed by atoms with Crippen LogP contribution in [0.2, 0.25) is 0 Å². The van der Waals surface area contributed by atoms with Crippen molar-refractivity contribution in [3.63, 3.8) is 0 Å². The number of amides is 1. The van der Waals surface area contributed by atoms with E-state index in [1.165, 1.54) is 19.3 Å². The monoisotopic (exact) mass is 310 g/mol. The SMILES string of the molecule is O=C(NC1CCCCC1)c1ccc(OCc2cccnc2)cc1. The summed E-state index contributed by atoms with van der Waals surface area (Å²) in [4.78, 5) is 16.3. The summed E-state index contributed by atoms with van der Waals surface area (Å²) in [6, 6.07) is 11.5. The first-order valence-corrected chi connectivity index (χ1v) is 8.24. The molecule has 1 amide bonds. The second-order valence-electron chi connectivity index (χ2n) is 5.98. The van der Waals surface area contributed by atoms with Crippen molar-refractivity contribution in [3.05, 3.63) is 59.9 Å². The Balaban J connectivity index is 1.52. The van der Waals surface area contributed by atoms with Crippen molar-refractivity contribution in [1.29, 1.82) is 0 Å². The van der Waals surface area contributed by atoms with Crippen LogP contribution >= 0.6 is 0 Å². The van der Waals surface area contributed by atoms with Gasteiger partial charge >= 0.3 is 0 Å². The number of hydrogen-bond donors (Lipinski definition) is 1. The van der Waals surface area contributed by atoms with E-state index in [0.717, 1.165) is 24.2 Å². The van der Waals surface area contributed by atoms with E-state index >= 15 is 0 Å². The fourth-order valence-electron chi connectivity index (χ4n) is 2.87. The average molecular weight is 310 g/mol. The second kappa shape index (κ2) is 7.77. The van der Waals surface area contributed by atoms with Crippen molar-refractivity contribution in [2.24, 2.45) is 0 Å². The highest BCUT2D eigenvalue weighted by molar-refractivity contribution is 5.94. The molecule has 0 aliphatic heterocycles. The lowest BCUT2D eigenvalue weighted by Gasteiger charge is -2.22. The summed E-state index contributed by atoms with van der Waals surface area (Å²) in [7, 11) is 0. The number of pyridine rings is 1. The molecular formula is C19H22N2O2. The smallest absolute Gasteiger partial charge is 0.251 e. The molecule has 23 heavy (non-hydrogen) atoms. The van der Waals surface area contributed by atoms with E-state index in [4.69, 9.17) is 4.74 Å². The number of benzene rings is 1. The van der Waals surface area contributed by atoms with E-state index in [2.05, 4.69) is 10.3 Å². The van der Waals surface area contributed by atoms with Crippen molar-refractivity contribution in [2.75, 3.05) is 0 Å². The highest BCUT2D eigenvalue weighted by atomic mass is 16.5. The Kier molecular flexibility index (Phi) is 5.25. The fraction of sp³-hybridized carbons (Fsp3) is 0.368. The number of nitrogens with zero attached hydrogens (tertiary/aromatic N) is 1. The normalized spacial score (nSPS) is 15.1. The summed E-state index contributed by atoms with van der Waals surface area (Å²) in [5, 5.41) is 3.12. The lowest BCUT2D eigenvalue weighted by Crippen LogP contribution is -2.36. The molecule has 0 saturated heterocycles. The number of aromatic nitrogens is 1. The topological polar surface area (TPSA) is 51.2 Å². The molecule has 0 bridgehead atoms. The zero-order valence-electron chi connectivity index (χ0n) is 13.2. The molecule has 4 nitrogen and oxygen atoms in total. The fourth-order valence-corrected chi connectivity index (χ4v) is 2.87. The van der Waals surface area contributed by atoms with Gasteiger partial charge < -0.3 is 10.1 Å². The highest BCUT2D eigenvalue weighted by Gasteiger charge is 2.16. The molecule has 1 aromatic heterocycles. The van der Waals surface area contributed by atoms with E-state index in [9.17, 15) is 4.79 Å². The van der Waals surface area contributed by atoms with Crippen LogP contribution in [0, 0.1) is 0 Å². The molecule has 1 fully saturated rings. The molecule has 0 spiro atoms. The van der Waals surface area contributed by atoms with Gasteiger partial charge in [-0.2, -0.15) is 0 Å². The van der Waals surface area contributed by atoms with Crippen molar-refractivity contribution in [3.8, 4) is 5.75 Å². The quantitative estimate of drug-likeness (QED) is 0.915. The molecule has 4 heteroatoms. The van der Waals surface area contributed by atoms with Gasteiger partial charge in [0.1, 0.15) is 12.4 Å². The number of hydrogen-bond acceptors (Lipinski definition) is 3. The second-order valence-corrected chi connectivity index (χ2v) is 5.98. The average Bonchev–Trinajstić information content (AvgIpc) is 2.62. The van der Waals surface area contributed by atoms with Gasteiger partial charge in [0.15, 0.2) is 0 Å². The van der Waals surface area contributed by atoms with Crippen molar-refractivity contribution in [1.82, 2.24) is 10.3 Å². The minimum atomic E-state index is 0.00992. The van der Waals surface area contributed by atoms with Gasteiger partial charge in [0, 0.05) is 29.6 Å². The first kappa shape index (κ1) is 15.5. The third-order valence-corrected chi connectivity index (χ3v) is 4.19. The molecule has 0 unspecified atom stereocenters. The van der Waals surface area contributed by atoms with Gasteiger partial charge in [-0.3, -0.25) is 9.78 Å². The maximum absolute atomic E-state index is 12.2. The Bertz CT molecular complexity index is 620. The summed E-state index contributed by atoms with van der Waals surface area (Å²) in [5.74, 6) is 0.763. The lowest BCUT2D eigenvalue weighted by molar-refractivity contribution is 0.0927. The maximum atomic E-state index is 12.2. The number of carbonyl (C=O) groups excluding carboxylic acids is 1. The molecule has 2 aromatic rings. The predicted octanol–water partition coefficient (Wildman–Crippen LogP) is 3.72. The van der Waals surface area contributed by atoms with Crippen molar-refractivity contribution >= 4 is 5.91 Å². The largest absolute Gasteiger partial charge is 0.489 e. The van der Waals surface area contributed by atoms with Crippen LogP contribution in [-0.2, 0) is 6.61 Å². The van der Waals surface area contributed by atoms with Gasteiger partial charge in [-0.25, -0.2) is 0 Å². The first-order valence-electron chi connectivity index (χ1n) is 8.24. The Morgan fingerprint density at radius 2 is 1.91 bits per heavy atom. The van der Waals surface area contributed by atoms with Gasteiger partial charge in [0.05, 0.1) is 0 Å². The van der Waals surface area contributed by atoms with Crippen LogP contribution in [0.25, 0.3) is 0 Å². The zero-order valence-corrected chi connectivity index (χ0v) is 13.2. The van der Waals surface area contributed by atoms with Crippen LogP contribution in [0.4, 0.5) is 0 Å². The molecule has 1 aliphatic rings. The standard InChI is InChI=1S/C19H22N2O2/c22-19(21-17-6-2-1-3-7-17)16-8-10-18(11-9-16)23-14-15-5-4-12-20-13-15/h4-5,8-13,17H,1-3,6-7,14H2,(H,21,22). The number of rotatable bonds is 5. The van der Waals surface area contributed by atoms with Crippen molar-refractivity contribution < 1.29 is 9.53 Å². The van der Waals surface area contributed by atoms with E-state index < -0.39 is 0 Å². The van der Waals surface area contributed by atoms with Crippen LogP contribution in [-0.4, -0.2) is 16.9 Å². The Hall–Kier alpha value is -2.36. The van der Waals surface area contributed by atoms with Gasteiger partial charge in [0.2, 0.25) is 0 Å². The molecule has 1 heterocycles.